The average Bonchev–Trinajstić information content (AvgIpc) is 2.65. The van der Waals surface area contributed by atoms with E-state index in [-0.39, 0.29) is 12.3 Å². The van der Waals surface area contributed by atoms with E-state index in [0.29, 0.717) is 30.8 Å². The summed E-state index contributed by atoms with van der Waals surface area (Å²) in [6, 6.07) is 5.51. The Morgan fingerprint density at radius 3 is 2.12 bits per heavy atom. The number of carboxylic acid groups (broad SMARTS) is 1. The van der Waals surface area contributed by atoms with Gasteiger partial charge >= 0.3 is 5.97 Å². The van der Waals surface area contributed by atoms with Gasteiger partial charge in [-0.25, -0.2) is 4.79 Å². The van der Waals surface area contributed by atoms with Crippen molar-refractivity contribution in [1.29, 1.82) is 0 Å². The minimum absolute atomic E-state index is 0.147. The van der Waals surface area contributed by atoms with E-state index in [1.165, 1.54) is 4.90 Å². The van der Waals surface area contributed by atoms with Gasteiger partial charge in [0.1, 0.15) is 17.0 Å². The SMILES string of the molecule is COc1cc(CCC(=O)N(C)C2(C(=O)O)CCCCC2)cc(OC)c1. The second kappa shape index (κ2) is 8.23. The second-order valence-corrected chi connectivity index (χ2v) is 6.57. The lowest BCUT2D eigenvalue weighted by molar-refractivity contribution is -0.160. The molecule has 1 amide bonds. The highest BCUT2D eigenvalue weighted by atomic mass is 16.5. The lowest BCUT2D eigenvalue weighted by Gasteiger charge is -2.41. The molecule has 138 valence electrons. The molecule has 0 aromatic heterocycles. The van der Waals surface area contributed by atoms with Crippen molar-refractivity contribution in [2.75, 3.05) is 21.3 Å². The van der Waals surface area contributed by atoms with Gasteiger partial charge in [0, 0.05) is 19.5 Å². The number of carbonyl (C=O) groups is 2. The Kier molecular flexibility index (Phi) is 6.28. The summed E-state index contributed by atoms with van der Waals surface area (Å²) in [6.45, 7) is 0. The fraction of sp³-hybridized carbons (Fsp3) is 0.579. The number of hydrogen-bond donors (Lipinski definition) is 1. The van der Waals surface area contributed by atoms with Gasteiger partial charge in [-0.1, -0.05) is 19.3 Å². The minimum Gasteiger partial charge on any atom is -0.497 e. The number of hydrogen-bond acceptors (Lipinski definition) is 4. The van der Waals surface area contributed by atoms with Gasteiger partial charge in [0.2, 0.25) is 5.91 Å². The summed E-state index contributed by atoms with van der Waals surface area (Å²) >= 11 is 0. The Bertz CT molecular complexity index is 600. The molecule has 0 unspecified atom stereocenters. The quantitative estimate of drug-likeness (QED) is 0.819. The van der Waals surface area contributed by atoms with E-state index in [1.54, 1.807) is 27.3 Å². The Morgan fingerprint density at radius 2 is 1.64 bits per heavy atom. The van der Waals surface area contributed by atoms with Crippen molar-refractivity contribution in [3.63, 3.8) is 0 Å². The molecule has 25 heavy (non-hydrogen) atoms. The zero-order valence-corrected chi connectivity index (χ0v) is 15.2. The molecule has 6 heteroatoms. The molecule has 0 spiro atoms. The van der Waals surface area contributed by atoms with Gasteiger partial charge < -0.3 is 19.5 Å². The lowest BCUT2D eigenvalue weighted by Crippen LogP contribution is -2.56. The summed E-state index contributed by atoms with van der Waals surface area (Å²) in [5.41, 5.74) is -0.132. The first-order valence-electron chi connectivity index (χ1n) is 8.65. The third-order valence-corrected chi connectivity index (χ3v) is 5.13. The number of nitrogens with zero attached hydrogens (tertiary/aromatic N) is 1. The van der Waals surface area contributed by atoms with Gasteiger partial charge in [-0.2, -0.15) is 0 Å². The van der Waals surface area contributed by atoms with E-state index in [2.05, 4.69) is 0 Å². The van der Waals surface area contributed by atoms with Gasteiger partial charge in [0.15, 0.2) is 0 Å². The number of aliphatic carboxylic acids is 1. The van der Waals surface area contributed by atoms with Crippen LogP contribution in [0.4, 0.5) is 0 Å². The maximum absolute atomic E-state index is 12.6. The Balaban J connectivity index is 2.07. The lowest BCUT2D eigenvalue weighted by atomic mass is 9.80. The van der Waals surface area contributed by atoms with Crippen molar-refractivity contribution in [1.82, 2.24) is 4.90 Å². The molecule has 6 nitrogen and oxygen atoms in total. The standard InChI is InChI=1S/C19H27NO5/c1-20(19(18(22)23)9-5-4-6-10-19)17(21)8-7-14-11-15(24-2)13-16(12-14)25-3/h11-13H,4-10H2,1-3H3,(H,22,23). The van der Waals surface area contributed by atoms with Crippen LogP contribution in [-0.4, -0.2) is 48.7 Å². The van der Waals surface area contributed by atoms with Crippen LogP contribution in [0.25, 0.3) is 0 Å². The normalized spacial score (nSPS) is 16.1. The Morgan fingerprint density at radius 1 is 1.08 bits per heavy atom. The van der Waals surface area contributed by atoms with Crippen molar-refractivity contribution >= 4 is 11.9 Å². The van der Waals surface area contributed by atoms with Crippen LogP contribution < -0.4 is 9.47 Å². The number of benzene rings is 1. The molecular weight excluding hydrogens is 322 g/mol. The molecule has 1 aliphatic carbocycles. The van der Waals surface area contributed by atoms with Crippen LogP contribution in [0.3, 0.4) is 0 Å². The van der Waals surface area contributed by atoms with E-state index in [1.807, 2.05) is 12.1 Å². The molecule has 2 rings (SSSR count). The maximum atomic E-state index is 12.6. The zero-order chi connectivity index (χ0) is 18.4. The molecule has 0 heterocycles. The van der Waals surface area contributed by atoms with E-state index >= 15 is 0 Å². The number of carboxylic acids is 1. The Labute approximate surface area is 148 Å². The zero-order valence-electron chi connectivity index (χ0n) is 15.2. The molecule has 0 radical (unpaired) electrons. The van der Waals surface area contributed by atoms with Crippen LogP contribution in [-0.2, 0) is 16.0 Å². The van der Waals surface area contributed by atoms with Crippen LogP contribution in [0.2, 0.25) is 0 Å². The van der Waals surface area contributed by atoms with Crippen molar-refractivity contribution in [2.24, 2.45) is 0 Å². The summed E-state index contributed by atoms with van der Waals surface area (Å²) in [5.74, 6) is 0.297. The fourth-order valence-corrected chi connectivity index (χ4v) is 3.50. The predicted molar refractivity (Wildman–Crippen MR) is 94.1 cm³/mol. The maximum Gasteiger partial charge on any atom is 0.329 e. The van der Waals surface area contributed by atoms with Crippen molar-refractivity contribution in [3.05, 3.63) is 23.8 Å². The molecule has 1 fully saturated rings. The third kappa shape index (κ3) is 4.24. The summed E-state index contributed by atoms with van der Waals surface area (Å²) < 4.78 is 10.5. The van der Waals surface area contributed by atoms with Crippen molar-refractivity contribution in [2.45, 2.75) is 50.5 Å². The van der Waals surface area contributed by atoms with Crippen LogP contribution in [0.15, 0.2) is 18.2 Å². The van der Waals surface area contributed by atoms with Gasteiger partial charge in [0.05, 0.1) is 14.2 Å². The highest BCUT2D eigenvalue weighted by Gasteiger charge is 2.45. The molecule has 1 N–H and O–H groups in total. The summed E-state index contributed by atoms with van der Waals surface area (Å²) in [4.78, 5) is 25.9. The molecule has 0 aliphatic heterocycles. The molecule has 0 atom stereocenters. The van der Waals surface area contributed by atoms with Gasteiger partial charge in [-0.05, 0) is 37.0 Å². The molecule has 0 saturated heterocycles. The minimum atomic E-state index is -1.05. The number of likely N-dealkylation sites (N-methyl/N-ethyl adjacent to an activating group) is 1. The summed E-state index contributed by atoms with van der Waals surface area (Å²) in [5, 5.41) is 9.70. The second-order valence-electron chi connectivity index (χ2n) is 6.57. The molecule has 1 aromatic carbocycles. The molecule has 0 bridgehead atoms. The number of ether oxygens (including phenoxy) is 2. The van der Waals surface area contributed by atoms with Crippen LogP contribution >= 0.6 is 0 Å². The number of aryl methyl sites for hydroxylation is 1. The van der Waals surface area contributed by atoms with Crippen LogP contribution in [0.5, 0.6) is 11.5 Å². The smallest absolute Gasteiger partial charge is 0.329 e. The molecular formula is C19H27NO5. The highest BCUT2D eigenvalue weighted by Crippen LogP contribution is 2.34. The third-order valence-electron chi connectivity index (χ3n) is 5.13. The summed E-state index contributed by atoms with van der Waals surface area (Å²) in [6.07, 6.45) is 4.53. The van der Waals surface area contributed by atoms with Gasteiger partial charge in [-0.3, -0.25) is 4.79 Å². The van der Waals surface area contributed by atoms with Crippen molar-refractivity contribution in [3.8, 4) is 11.5 Å². The van der Waals surface area contributed by atoms with E-state index in [0.717, 1.165) is 24.8 Å². The number of amides is 1. The van der Waals surface area contributed by atoms with E-state index in [9.17, 15) is 14.7 Å². The number of carbonyl (C=O) groups excluding carboxylic acids is 1. The van der Waals surface area contributed by atoms with E-state index < -0.39 is 11.5 Å². The monoisotopic (exact) mass is 349 g/mol. The Hall–Kier alpha value is -2.24. The fourth-order valence-electron chi connectivity index (χ4n) is 3.50. The average molecular weight is 349 g/mol. The topological polar surface area (TPSA) is 76.1 Å². The number of rotatable bonds is 7. The van der Waals surface area contributed by atoms with E-state index in [4.69, 9.17) is 9.47 Å². The van der Waals surface area contributed by atoms with Crippen LogP contribution in [0.1, 0.15) is 44.1 Å². The molecule has 1 saturated carbocycles. The predicted octanol–water partition coefficient (Wildman–Crippen LogP) is 2.88. The first-order valence-corrected chi connectivity index (χ1v) is 8.65. The largest absolute Gasteiger partial charge is 0.497 e. The molecule has 1 aromatic rings. The highest BCUT2D eigenvalue weighted by molar-refractivity contribution is 5.87. The first-order chi connectivity index (χ1) is 11.9. The van der Waals surface area contributed by atoms with Crippen LogP contribution in [0, 0.1) is 0 Å². The number of methoxy groups -OCH3 is 2. The summed E-state index contributed by atoms with van der Waals surface area (Å²) in [7, 11) is 4.78. The van der Waals surface area contributed by atoms with Crippen molar-refractivity contribution < 1.29 is 24.2 Å². The first kappa shape index (κ1) is 19.1. The van der Waals surface area contributed by atoms with Gasteiger partial charge in [-0.15, -0.1) is 0 Å². The van der Waals surface area contributed by atoms with Gasteiger partial charge in [0.25, 0.3) is 0 Å². The molecule has 1 aliphatic rings.